The minimum atomic E-state index is 0.801. The average molecular weight is 269 g/mol. The monoisotopic (exact) mass is 268 g/mol. The van der Waals surface area contributed by atoms with Crippen LogP contribution in [-0.4, -0.2) is 11.9 Å². The van der Waals surface area contributed by atoms with Crippen molar-refractivity contribution in [3.63, 3.8) is 0 Å². The van der Waals surface area contributed by atoms with E-state index in [0.29, 0.717) is 0 Å². The van der Waals surface area contributed by atoms with Gasteiger partial charge in [0.2, 0.25) is 0 Å². The molecule has 0 atom stereocenters. The fourth-order valence-corrected chi connectivity index (χ4v) is 1.43. The molecule has 0 aromatic heterocycles. The third-order valence-electron chi connectivity index (χ3n) is 2.06. The van der Waals surface area contributed by atoms with Crippen molar-refractivity contribution in [3.8, 4) is 5.75 Å². The lowest BCUT2D eigenvalue weighted by molar-refractivity contribution is 0.309. The van der Waals surface area contributed by atoms with Gasteiger partial charge >= 0.3 is 0 Å². The number of unbranched alkanes of at least 4 members (excludes halogenated alkanes) is 1. The van der Waals surface area contributed by atoms with Crippen LogP contribution in [0.3, 0.4) is 0 Å². The van der Waals surface area contributed by atoms with Gasteiger partial charge in [0.15, 0.2) is 0 Å². The highest BCUT2D eigenvalue weighted by Gasteiger charge is 1.98. The number of alkyl halides is 1. The molecule has 0 radical (unpaired) electrons. The van der Waals surface area contributed by atoms with E-state index in [9.17, 15) is 0 Å². The first-order valence-corrected chi connectivity index (χ1v) is 6.45. The molecule has 0 aliphatic carbocycles. The quantitative estimate of drug-likeness (QED) is 0.553. The lowest BCUT2D eigenvalue weighted by atomic mass is 10.2. The van der Waals surface area contributed by atoms with E-state index in [1.165, 1.54) is 6.42 Å². The summed E-state index contributed by atoms with van der Waals surface area (Å²) in [5, 5.41) is 0.871. The highest BCUT2D eigenvalue weighted by molar-refractivity contribution is 9.09. The Kier molecular flexibility index (Phi) is 6.17. The Morgan fingerprint density at radius 2 is 2.13 bits per heavy atom. The van der Waals surface area contributed by atoms with Crippen LogP contribution in [0.1, 0.15) is 25.3 Å². The van der Waals surface area contributed by atoms with Crippen molar-refractivity contribution in [1.82, 2.24) is 0 Å². The number of halogens is 1. The summed E-state index contributed by atoms with van der Waals surface area (Å²) in [6, 6.07) is 8.12. The first kappa shape index (κ1) is 12.3. The molecular weight excluding hydrogens is 252 g/mol. The summed E-state index contributed by atoms with van der Waals surface area (Å²) < 4.78 is 5.71. The summed E-state index contributed by atoms with van der Waals surface area (Å²) in [7, 11) is 0. The van der Waals surface area contributed by atoms with Crippen molar-refractivity contribution in [2.75, 3.05) is 11.9 Å². The molecule has 1 aromatic rings. The third kappa shape index (κ3) is 4.52. The van der Waals surface area contributed by atoms with Gasteiger partial charge in [0.05, 0.1) is 6.61 Å². The van der Waals surface area contributed by atoms with Crippen LogP contribution in [0.5, 0.6) is 5.75 Å². The molecule has 1 aromatic carbocycles. The van der Waals surface area contributed by atoms with Crippen molar-refractivity contribution in [2.45, 2.75) is 19.8 Å². The third-order valence-corrected chi connectivity index (χ3v) is 2.43. The Balaban J connectivity index is 2.64. The Hall–Kier alpha value is -0.760. The fourth-order valence-electron chi connectivity index (χ4n) is 1.25. The van der Waals surface area contributed by atoms with Crippen molar-refractivity contribution < 1.29 is 4.74 Å². The zero-order valence-electron chi connectivity index (χ0n) is 9.08. The number of allylic oxidation sites excluding steroid dienone is 1. The second kappa shape index (κ2) is 7.52. The van der Waals surface area contributed by atoms with Crippen molar-refractivity contribution >= 4 is 22.0 Å². The van der Waals surface area contributed by atoms with Crippen molar-refractivity contribution in [3.05, 3.63) is 35.9 Å². The highest BCUT2D eigenvalue weighted by atomic mass is 79.9. The SMILES string of the molecule is CCCCOc1ccccc1/C=C/CBr. The molecular formula is C13H17BrO. The maximum atomic E-state index is 5.71. The predicted octanol–water partition coefficient (Wildman–Crippen LogP) is 4.27. The van der Waals surface area contributed by atoms with Crippen LogP contribution in [0.2, 0.25) is 0 Å². The molecule has 1 nitrogen and oxygen atoms in total. The van der Waals surface area contributed by atoms with E-state index < -0.39 is 0 Å². The standard InChI is InChI=1S/C13H17BrO/c1-2-3-11-15-13-9-5-4-7-12(13)8-6-10-14/h4-9H,2-3,10-11H2,1H3/b8-6+. The molecule has 2 heteroatoms. The predicted molar refractivity (Wildman–Crippen MR) is 69.7 cm³/mol. The van der Waals surface area contributed by atoms with Crippen LogP contribution in [0.15, 0.2) is 30.3 Å². The van der Waals surface area contributed by atoms with Crippen LogP contribution in [0.4, 0.5) is 0 Å². The summed E-state index contributed by atoms with van der Waals surface area (Å²) in [6.07, 6.45) is 6.42. The molecule has 0 saturated carbocycles. The summed E-state index contributed by atoms with van der Waals surface area (Å²) in [5.74, 6) is 0.975. The summed E-state index contributed by atoms with van der Waals surface area (Å²) in [5.41, 5.74) is 1.15. The van der Waals surface area contributed by atoms with E-state index >= 15 is 0 Å². The number of hydrogen-bond donors (Lipinski definition) is 0. The van der Waals surface area contributed by atoms with Crippen LogP contribution in [-0.2, 0) is 0 Å². The molecule has 0 bridgehead atoms. The maximum absolute atomic E-state index is 5.71. The van der Waals surface area contributed by atoms with E-state index in [-0.39, 0.29) is 0 Å². The Labute approximate surface area is 100 Å². The zero-order valence-corrected chi connectivity index (χ0v) is 10.7. The molecule has 0 fully saturated rings. The molecule has 0 amide bonds. The first-order valence-electron chi connectivity index (χ1n) is 5.32. The molecule has 82 valence electrons. The Morgan fingerprint density at radius 3 is 2.87 bits per heavy atom. The topological polar surface area (TPSA) is 9.23 Å². The lowest BCUT2D eigenvalue weighted by Gasteiger charge is -2.08. The molecule has 0 N–H and O–H groups in total. The number of rotatable bonds is 6. The van der Waals surface area contributed by atoms with Gasteiger partial charge in [-0.1, -0.05) is 59.6 Å². The molecule has 1 rings (SSSR count). The first-order chi connectivity index (χ1) is 7.38. The number of ether oxygens (including phenoxy) is 1. The Bertz CT molecular complexity index is 307. The average Bonchev–Trinajstić information content (AvgIpc) is 2.28. The molecule has 15 heavy (non-hydrogen) atoms. The van der Waals surface area contributed by atoms with Crippen molar-refractivity contribution in [2.24, 2.45) is 0 Å². The van der Waals surface area contributed by atoms with Gasteiger partial charge in [-0.2, -0.15) is 0 Å². The molecule has 0 spiro atoms. The number of hydrogen-bond acceptors (Lipinski definition) is 1. The largest absolute Gasteiger partial charge is 0.493 e. The normalized spacial score (nSPS) is 10.8. The number of para-hydroxylation sites is 1. The minimum absolute atomic E-state index is 0.801. The smallest absolute Gasteiger partial charge is 0.126 e. The van der Waals surface area contributed by atoms with E-state index in [2.05, 4.69) is 41.1 Å². The second-order valence-corrected chi connectivity index (χ2v) is 3.94. The van der Waals surface area contributed by atoms with Gasteiger partial charge in [0, 0.05) is 10.9 Å². The second-order valence-electron chi connectivity index (χ2n) is 3.30. The van der Waals surface area contributed by atoms with Crippen LogP contribution >= 0.6 is 15.9 Å². The van der Waals surface area contributed by atoms with E-state index in [4.69, 9.17) is 4.74 Å². The maximum Gasteiger partial charge on any atom is 0.126 e. The number of benzene rings is 1. The van der Waals surface area contributed by atoms with Gasteiger partial charge in [-0.3, -0.25) is 0 Å². The molecule has 0 aliphatic rings. The molecule has 0 saturated heterocycles. The van der Waals surface area contributed by atoms with Gasteiger partial charge in [-0.15, -0.1) is 0 Å². The van der Waals surface area contributed by atoms with E-state index in [1.807, 2.05) is 18.2 Å². The summed E-state index contributed by atoms with van der Waals surface area (Å²) in [6.45, 7) is 2.97. The zero-order chi connectivity index (χ0) is 10.9. The van der Waals surface area contributed by atoms with E-state index in [1.54, 1.807) is 0 Å². The molecule has 0 unspecified atom stereocenters. The molecule has 0 heterocycles. The van der Waals surface area contributed by atoms with Crippen LogP contribution in [0.25, 0.3) is 6.08 Å². The summed E-state index contributed by atoms with van der Waals surface area (Å²) in [4.78, 5) is 0. The van der Waals surface area contributed by atoms with Crippen molar-refractivity contribution in [1.29, 1.82) is 0 Å². The molecule has 0 aliphatic heterocycles. The van der Waals surface area contributed by atoms with Crippen LogP contribution < -0.4 is 4.74 Å². The minimum Gasteiger partial charge on any atom is -0.493 e. The van der Waals surface area contributed by atoms with Gasteiger partial charge in [-0.05, 0) is 12.5 Å². The van der Waals surface area contributed by atoms with Crippen LogP contribution in [0, 0.1) is 0 Å². The Morgan fingerprint density at radius 1 is 1.33 bits per heavy atom. The van der Waals surface area contributed by atoms with Gasteiger partial charge in [-0.25, -0.2) is 0 Å². The van der Waals surface area contributed by atoms with E-state index in [0.717, 1.165) is 29.7 Å². The summed E-state index contributed by atoms with van der Waals surface area (Å²) >= 11 is 3.37. The van der Waals surface area contributed by atoms with Gasteiger partial charge < -0.3 is 4.74 Å². The van der Waals surface area contributed by atoms with Gasteiger partial charge in [0.1, 0.15) is 5.75 Å². The fraction of sp³-hybridized carbons (Fsp3) is 0.385. The highest BCUT2D eigenvalue weighted by Crippen LogP contribution is 2.19. The lowest BCUT2D eigenvalue weighted by Crippen LogP contribution is -1.97. The van der Waals surface area contributed by atoms with Gasteiger partial charge in [0.25, 0.3) is 0 Å².